The fraction of sp³-hybridized carbons (Fsp3) is 0.214. The smallest absolute Gasteiger partial charge is 0.262 e. The summed E-state index contributed by atoms with van der Waals surface area (Å²) in [5.41, 5.74) is 8.31. The highest BCUT2D eigenvalue weighted by atomic mass is 79.9. The topological polar surface area (TPSA) is 86.8 Å². The number of allylic oxidation sites excluding steroid dienone is 1. The summed E-state index contributed by atoms with van der Waals surface area (Å²) in [5.74, 6) is 0.936. The molecule has 0 atom stereocenters. The van der Waals surface area contributed by atoms with Crippen molar-refractivity contribution in [3.8, 4) is 0 Å². The lowest BCUT2D eigenvalue weighted by Crippen LogP contribution is -2.30. The highest BCUT2D eigenvalue weighted by Gasteiger charge is 2.21. The van der Waals surface area contributed by atoms with Gasteiger partial charge in [0.15, 0.2) is 0 Å². The number of aromatic nitrogens is 1. The predicted octanol–water partition coefficient (Wildman–Crippen LogP) is 2.10. The number of rotatable bonds is 3. The van der Waals surface area contributed by atoms with Crippen LogP contribution in [0.2, 0.25) is 0 Å². The lowest BCUT2D eigenvalue weighted by atomic mass is 10.0. The van der Waals surface area contributed by atoms with Crippen LogP contribution in [0.15, 0.2) is 55.3 Å². The van der Waals surface area contributed by atoms with Crippen molar-refractivity contribution in [2.75, 3.05) is 0 Å². The molecular weight excluding hydrogens is 334 g/mol. The van der Waals surface area contributed by atoms with Crippen LogP contribution in [0.25, 0.3) is 0 Å². The summed E-state index contributed by atoms with van der Waals surface area (Å²) >= 11 is 3.17. The molecule has 0 spiro atoms. The van der Waals surface area contributed by atoms with Crippen LogP contribution in [0.5, 0.6) is 0 Å². The Morgan fingerprint density at radius 3 is 2.90 bits per heavy atom. The summed E-state index contributed by atoms with van der Waals surface area (Å²) in [7, 11) is 0. The second kappa shape index (κ2) is 6.09. The van der Waals surface area contributed by atoms with Crippen molar-refractivity contribution >= 4 is 27.9 Å². The van der Waals surface area contributed by atoms with Gasteiger partial charge < -0.3 is 10.7 Å². The van der Waals surface area contributed by atoms with Crippen molar-refractivity contribution in [2.24, 2.45) is 15.8 Å². The highest BCUT2D eigenvalue weighted by molar-refractivity contribution is 9.10. The van der Waals surface area contributed by atoms with Crippen LogP contribution < -0.4 is 11.3 Å². The molecule has 2 rings (SSSR count). The van der Waals surface area contributed by atoms with E-state index in [4.69, 9.17) is 5.73 Å². The maximum Gasteiger partial charge on any atom is 0.262 e. The summed E-state index contributed by atoms with van der Waals surface area (Å²) in [4.78, 5) is 18.8. The standard InChI is InChI=1S/C14H16BrN5O/c1-4-17-20-9(3)18-8(2)11(13(20)16)7-10-5-6-12(15)14(21)19-10/h4-6H,3,7,16H2,1-2H3,(H,19,21)/b17-4-. The van der Waals surface area contributed by atoms with Gasteiger partial charge in [0.25, 0.3) is 5.56 Å². The molecule has 0 amide bonds. The lowest BCUT2D eigenvalue weighted by molar-refractivity contribution is 0.438. The molecule has 0 radical (unpaired) electrons. The third-order valence-electron chi connectivity index (χ3n) is 3.04. The van der Waals surface area contributed by atoms with Gasteiger partial charge >= 0.3 is 0 Å². The van der Waals surface area contributed by atoms with Crippen LogP contribution in [0.3, 0.4) is 0 Å². The predicted molar refractivity (Wildman–Crippen MR) is 87.9 cm³/mol. The largest absolute Gasteiger partial charge is 0.383 e. The Morgan fingerprint density at radius 1 is 1.57 bits per heavy atom. The Labute approximate surface area is 130 Å². The number of H-pyrrole nitrogens is 1. The van der Waals surface area contributed by atoms with E-state index >= 15 is 0 Å². The Bertz CT molecular complexity index is 729. The van der Waals surface area contributed by atoms with E-state index < -0.39 is 0 Å². The number of halogens is 1. The molecule has 3 N–H and O–H groups in total. The Balaban J connectivity index is 2.40. The molecule has 1 aromatic rings. The van der Waals surface area contributed by atoms with Crippen LogP contribution >= 0.6 is 15.9 Å². The molecule has 0 bridgehead atoms. The second-order valence-electron chi connectivity index (χ2n) is 4.50. The van der Waals surface area contributed by atoms with Crippen LogP contribution in [0, 0.1) is 0 Å². The van der Waals surface area contributed by atoms with E-state index in [9.17, 15) is 4.79 Å². The Hall–Kier alpha value is -2.15. The third-order valence-corrected chi connectivity index (χ3v) is 3.66. The molecule has 0 saturated heterocycles. The van der Waals surface area contributed by atoms with E-state index in [2.05, 4.69) is 37.6 Å². The quantitative estimate of drug-likeness (QED) is 0.819. The number of nitrogens with one attached hydrogen (secondary N) is 1. The monoisotopic (exact) mass is 349 g/mol. The van der Waals surface area contributed by atoms with E-state index in [1.54, 1.807) is 19.2 Å². The fourth-order valence-electron chi connectivity index (χ4n) is 2.01. The van der Waals surface area contributed by atoms with Gasteiger partial charge in [0, 0.05) is 29.6 Å². The number of aromatic amines is 1. The number of pyridine rings is 1. The molecule has 0 fully saturated rings. The Morgan fingerprint density at radius 2 is 2.29 bits per heavy atom. The first-order valence-electron chi connectivity index (χ1n) is 6.33. The average Bonchev–Trinajstić information content (AvgIpc) is 2.43. The van der Waals surface area contributed by atoms with Crippen molar-refractivity contribution in [1.29, 1.82) is 0 Å². The molecule has 1 aromatic heterocycles. The lowest BCUT2D eigenvalue weighted by Gasteiger charge is -2.26. The van der Waals surface area contributed by atoms with Crippen molar-refractivity contribution in [3.63, 3.8) is 0 Å². The van der Waals surface area contributed by atoms with Crippen molar-refractivity contribution in [3.05, 3.63) is 56.4 Å². The highest BCUT2D eigenvalue weighted by Crippen LogP contribution is 2.23. The summed E-state index contributed by atoms with van der Waals surface area (Å²) in [5, 5.41) is 5.63. The molecule has 21 heavy (non-hydrogen) atoms. The maximum atomic E-state index is 11.6. The summed E-state index contributed by atoms with van der Waals surface area (Å²) in [6.07, 6.45) is 2.08. The van der Waals surface area contributed by atoms with Gasteiger partial charge in [0.05, 0.1) is 4.47 Å². The normalized spacial score (nSPS) is 15.9. The average molecular weight is 350 g/mol. The second-order valence-corrected chi connectivity index (χ2v) is 5.35. The van der Waals surface area contributed by atoms with Gasteiger partial charge in [-0.15, -0.1) is 0 Å². The Kier molecular flexibility index (Phi) is 4.42. The molecule has 7 heteroatoms. The zero-order valence-electron chi connectivity index (χ0n) is 11.9. The SMILES string of the molecule is C=C1N=C(C)C(Cc2ccc(Br)c(=O)[nH]2)=C(N)N1/N=C\C. The molecule has 6 nitrogen and oxygen atoms in total. The van der Waals surface area contributed by atoms with Gasteiger partial charge in [0.2, 0.25) is 0 Å². The number of nitrogens with zero attached hydrogens (tertiary/aromatic N) is 3. The third kappa shape index (κ3) is 3.13. The number of hydrogen-bond donors (Lipinski definition) is 2. The summed E-state index contributed by atoms with van der Waals surface area (Å²) < 4.78 is 0.493. The first-order chi connectivity index (χ1) is 9.93. The van der Waals surface area contributed by atoms with Gasteiger partial charge in [-0.25, -0.2) is 10.0 Å². The van der Waals surface area contributed by atoms with Gasteiger partial charge in [0.1, 0.15) is 11.6 Å². The molecule has 0 aromatic carbocycles. The van der Waals surface area contributed by atoms with Gasteiger partial charge in [-0.3, -0.25) is 4.79 Å². The van der Waals surface area contributed by atoms with Crippen LogP contribution in [0.1, 0.15) is 19.5 Å². The molecule has 110 valence electrons. The summed E-state index contributed by atoms with van der Waals surface area (Å²) in [6.45, 7) is 7.48. The number of hydrazone groups is 1. The van der Waals surface area contributed by atoms with E-state index in [-0.39, 0.29) is 5.56 Å². The molecule has 0 aliphatic carbocycles. The molecule has 0 unspecified atom stereocenters. The number of aliphatic imine (C=N–C) groups is 1. The van der Waals surface area contributed by atoms with Crippen LogP contribution in [0.4, 0.5) is 0 Å². The van der Waals surface area contributed by atoms with Crippen molar-refractivity contribution in [1.82, 2.24) is 9.99 Å². The van der Waals surface area contributed by atoms with E-state index in [0.29, 0.717) is 22.5 Å². The summed E-state index contributed by atoms with van der Waals surface area (Å²) in [6, 6.07) is 3.54. The maximum absolute atomic E-state index is 11.6. The minimum Gasteiger partial charge on any atom is -0.383 e. The van der Waals surface area contributed by atoms with E-state index in [0.717, 1.165) is 17.0 Å². The number of nitrogens with two attached hydrogens (primary N) is 1. The zero-order valence-corrected chi connectivity index (χ0v) is 13.4. The van der Waals surface area contributed by atoms with Crippen molar-refractivity contribution in [2.45, 2.75) is 20.3 Å². The van der Waals surface area contributed by atoms with E-state index in [1.807, 2.05) is 13.0 Å². The number of hydrogen-bond acceptors (Lipinski definition) is 5. The first kappa shape index (κ1) is 15.2. The molecule has 1 aliphatic rings. The minimum absolute atomic E-state index is 0.176. The van der Waals surface area contributed by atoms with Gasteiger partial charge in [-0.1, -0.05) is 6.58 Å². The van der Waals surface area contributed by atoms with E-state index in [1.165, 1.54) is 5.01 Å². The van der Waals surface area contributed by atoms with Crippen LogP contribution in [-0.4, -0.2) is 21.9 Å². The molecule has 0 saturated carbocycles. The molecule has 1 aliphatic heterocycles. The van der Waals surface area contributed by atoms with Crippen LogP contribution in [-0.2, 0) is 6.42 Å². The zero-order chi connectivity index (χ0) is 15.6. The van der Waals surface area contributed by atoms with Crippen molar-refractivity contribution < 1.29 is 0 Å². The first-order valence-corrected chi connectivity index (χ1v) is 7.13. The van der Waals surface area contributed by atoms with Gasteiger partial charge in [-0.05, 0) is 41.9 Å². The molecular formula is C14H16BrN5O. The van der Waals surface area contributed by atoms with Gasteiger partial charge in [-0.2, -0.15) is 5.10 Å². The molecule has 2 heterocycles. The fourth-order valence-corrected chi connectivity index (χ4v) is 2.24. The minimum atomic E-state index is -0.176.